The fourth-order valence-electron chi connectivity index (χ4n) is 2.84. The van der Waals surface area contributed by atoms with E-state index < -0.39 is 6.36 Å². The first-order valence-corrected chi connectivity index (χ1v) is 9.69. The summed E-state index contributed by atoms with van der Waals surface area (Å²) in [5.41, 5.74) is 1.47. The minimum Gasteiger partial charge on any atom is -0.404 e. The van der Waals surface area contributed by atoms with E-state index in [-0.39, 0.29) is 41.8 Å². The number of para-hydroxylation sites is 2. The van der Waals surface area contributed by atoms with Crippen molar-refractivity contribution in [3.05, 3.63) is 60.7 Å². The lowest BCUT2D eigenvalue weighted by Crippen LogP contribution is -2.30. The van der Waals surface area contributed by atoms with Gasteiger partial charge in [0.15, 0.2) is 5.75 Å². The van der Waals surface area contributed by atoms with Crippen molar-refractivity contribution in [2.75, 3.05) is 17.2 Å². The van der Waals surface area contributed by atoms with Gasteiger partial charge in [0.2, 0.25) is 5.95 Å². The Morgan fingerprint density at radius 2 is 1.68 bits per heavy atom. The average molecular weight is 432 g/mol. The molecule has 0 bridgehead atoms. The van der Waals surface area contributed by atoms with Gasteiger partial charge in [0.25, 0.3) is 0 Å². The molecule has 1 atom stereocenters. The highest BCUT2D eigenvalue weighted by Gasteiger charge is 2.32. The molecule has 0 radical (unpaired) electrons. The number of nitrogens with one attached hydrogen (secondary N) is 2. The molecule has 0 aliphatic carbocycles. The average Bonchev–Trinajstić information content (AvgIpc) is 2.73. The summed E-state index contributed by atoms with van der Waals surface area (Å²) in [4.78, 5) is 8.89. The second-order valence-electron chi connectivity index (χ2n) is 7.17. The van der Waals surface area contributed by atoms with Crippen LogP contribution in [0.15, 0.2) is 60.7 Å². The number of anilines is 3. The molecule has 0 saturated heterocycles. The van der Waals surface area contributed by atoms with Gasteiger partial charge in [0.05, 0.1) is 24.0 Å². The zero-order chi connectivity index (χ0) is 22.4. The minimum atomic E-state index is -4.82. The quantitative estimate of drug-likeness (QED) is 0.453. The van der Waals surface area contributed by atoms with Crippen LogP contribution in [0.2, 0.25) is 0 Å². The second kappa shape index (κ2) is 9.65. The zero-order valence-corrected chi connectivity index (χ0v) is 17.0. The van der Waals surface area contributed by atoms with Crippen LogP contribution in [0.4, 0.5) is 30.6 Å². The van der Waals surface area contributed by atoms with E-state index in [1.54, 1.807) is 12.1 Å². The molecule has 6 nitrogen and oxygen atoms in total. The van der Waals surface area contributed by atoms with Gasteiger partial charge >= 0.3 is 6.36 Å². The van der Waals surface area contributed by atoms with Gasteiger partial charge in [0.1, 0.15) is 5.82 Å². The van der Waals surface area contributed by atoms with Gasteiger partial charge in [-0.1, -0.05) is 56.3 Å². The summed E-state index contributed by atoms with van der Waals surface area (Å²) >= 11 is 0. The lowest BCUT2D eigenvalue weighted by Gasteiger charge is -2.21. The molecule has 0 saturated carbocycles. The van der Waals surface area contributed by atoms with Crippen molar-refractivity contribution in [3.8, 4) is 17.0 Å². The van der Waals surface area contributed by atoms with E-state index in [1.807, 2.05) is 44.2 Å². The highest BCUT2D eigenvalue weighted by Crippen LogP contribution is 2.32. The van der Waals surface area contributed by atoms with Gasteiger partial charge in [-0.05, 0) is 18.1 Å². The molecule has 164 valence electrons. The molecule has 0 fully saturated rings. The first-order valence-electron chi connectivity index (χ1n) is 9.69. The van der Waals surface area contributed by atoms with E-state index in [2.05, 4.69) is 25.3 Å². The molecule has 0 unspecified atom stereocenters. The summed E-state index contributed by atoms with van der Waals surface area (Å²) in [6, 6.07) is 16.4. The number of benzene rings is 2. The Morgan fingerprint density at radius 3 is 2.32 bits per heavy atom. The molecule has 3 N–H and O–H groups in total. The highest BCUT2D eigenvalue weighted by atomic mass is 19.4. The molecule has 31 heavy (non-hydrogen) atoms. The van der Waals surface area contributed by atoms with E-state index in [0.29, 0.717) is 5.69 Å². The van der Waals surface area contributed by atoms with Crippen molar-refractivity contribution < 1.29 is 23.0 Å². The van der Waals surface area contributed by atoms with Gasteiger partial charge in [-0.25, -0.2) is 4.98 Å². The predicted molar refractivity (Wildman–Crippen MR) is 113 cm³/mol. The predicted octanol–water partition coefficient (Wildman–Crippen LogP) is 5.21. The summed E-state index contributed by atoms with van der Waals surface area (Å²) in [7, 11) is 0. The molecule has 0 amide bonds. The fourth-order valence-corrected chi connectivity index (χ4v) is 2.84. The van der Waals surface area contributed by atoms with Crippen LogP contribution >= 0.6 is 0 Å². The number of aliphatic hydroxyl groups is 1. The Balaban J connectivity index is 1.99. The Hall–Kier alpha value is -3.33. The lowest BCUT2D eigenvalue weighted by molar-refractivity contribution is -0.274. The normalized spacial score (nSPS) is 12.5. The molecule has 3 rings (SSSR count). The van der Waals surface area contributed by atoms with Crippen molar-refractivity contribution in [1.29, 1.82) is 0 Å². The number of aliphatic hydroxyl groups excluding tert-OH is 1. The zero-order valence-electron chi connectivity index (χ0n) is 17.0. The SMILES string of the molecule is CC(C)[C@@H](CO)Nc1nc(Nc2ccccc2OC(F)(F)F)cc(-c2ccccc2)n1. The number of aromatic nitrogens is 2. The Bertz CT molecular complexity index is 998. The molecule has 0 aliphatic rings. The number of halogens is 3. The molecule has 0 aliphatic heterocycles. The van der Waals surface area contributed by atoms with Gasteiger partial charge in [-0.15, -0.1) is 13.2 Å². The molecule has 1 heterocycles. The minimum absolute atomic E-state index is 0.103. The van der Waals surface area contributed by atoms with E-state index in [0.717, 1.165) is 5.56 Å². The fraction of sp³-hybridized carbons (Fsp3) is 0.273. The van der Waals surface area contributed by atoms with E-state index in [9.17, 15) is 18.3 Å². The molecule has 1 aromatic heterocycles. The number of rotatable bonds is 8. The maximum Gasteiger partial charge on any atom is 0.573 e. The van der Waals surface area contributed by atoms with Crippen LogP contribution in [0.5, 0.6) is 5.75 Å². The number of hydrogen-bond acceptors (Lipinski definition) is 6. The van der Waals surface area contributed by atoms with Gasteiger partial charge < -0.3 is 20.5 Å². The van der Waals surface area contributed by atoms with Crippen LogP contribution in [0.25, 0.3) is 11.3 Å². The molecule has 9 heteroatoms. The summed E-state index contributed by atoms with van der Waals surface area (Å²) in [6.45, 7) is 3.76. The van der Waals surface area contributed by atoms with Crippen LogP contribution < -0.4 is 15.4 Å². The summed E-state index contributed by atoms with van der Waals surface area (Å²) in [6.07, 6.45) is -4.82. The number of hydrogen-bond donors (Lipinski definition) is 3. The first-order chi connectivity index (χ1) is 14.7. The van der Waals surface area contributed by atoms with E-state index in [1.165, 1.54) is 18.2 Å². The summed E-state index contributed by atoms with van der Waals surface area (Å²) < 4.78 is 42.4. The number of ether oxygens (including phenoxy) is 1. The van der Waals surface area contributed by atoms with E-state index in [4.69, 9.17) is 0 Å². The van der Waals surface area contributed by atoms with Crippen molar-refractivity contribution in [2.24, 2.45) is 5.92 Å². The van der Waals surface area contributed by atoms with Gasteiger partial charge in [0, 0.05) is 11.6 Å². The van der Waals surface area contributed by atoms with Crippen molar-refractivity contribution in [3.63, 3.8) is 0 Å². The standard InChI is InChI=1S/C22H23F3N4O2/c1-14(2)18(13-30)28-21-27-17(15-8-4-3-5-9-15)12-20(29-21)26-16-10-6-7-11-19(16)31-22(23,24)25/h3-12,14,18,30H,13H2,1-2H3,(H2,26,27,28,29)/t18-/m1/s1. The van der Waals surface area contributed by atoms with Crippen LogP contribution in [-0.4, -0.2) is 34.1 Å². The third-order valence-electron chi connectivity index (χ3n) is 4.49. The Morgan fingerprint density at radius 1 is 1.00 bits per heavy atom. The van der Waals surface area contributed by atoms with Crippen LogP contribution in [0, 0.1) is 5.92 Å². The number of nitrogens with zero attached hydrogens (tertiary/aromatic N) is 2. The first kappa shape index (κ1) is 22.4. The molecular weight excluding hydrogens is 409 g/mol. The number of alkyl halides is 3. The molecule has 3 aromatic rings. The van der Waals surface area contributed by atoms with Crippen LogP contribution in [0.3, 0.4) is 0 Å². The maximum atomic E-state index is 12.8. The summed E-state index contributed by atoms with van der Waals surface area (Å²) in [5, 5.41) is 15.6. The summed E-state index contributed by atoms with van der Waals surface area (Å²) in [5.74, 6) is 0.243. The molecule has 0 spiro atoms. The van der Waals surface area contributed by atoms with Crippen LogP contribution in [0.1, 0.15) is 13.8 Å². The third kappa shape index (κ3) is 6.32. The van der Waals surface area contributed by atoms with Gasteiger partial charge in [-0.3, -0.25) is 0 Å². The van der Waals surface area contributed by atoms with Crippen LogP contribution in [-0.2, 0) is 0 Å². The molecule has 2 aromatic carbocycles. The second-order valence-corrected chi connectivity index (χ2v) is 7.17. The smallest absolute Gasteiger partial charge is 0.404 e. The van der Waals surface area contributed by atoms with Crippen molar-refractivity contribution in [1.82, 2.24) is 9.97 Å². The Labute approximate surface area is 178 Å². The monoisotopic (exact) mass is 432 g/mol. The van der Waals surface area contributed by atoms with E-state index >= 15 is 0 Å². The van der Waals surface area contributed by atoms with Crippen molar-refractivity contribution >= 4 is 17.5 Å². The lowest BCUT2D eigenvalue weighted by atomic mass is 10.1. The third-order valence-corrected chi connectivity index (χ3v) is 4.49. The van der Waals surface area contributed by atoms with Gasteiger partial charge in [-0.2, -0.15) is 4.98 Å². The highest BCUT2D eigenvalue weighted by molar-refractivity contribution is 5.70. The Kier molecular flexibility index (Phi) is 6.96. The van der Waals surface area contributed by atoms with Crippen molar-refractivity contribution in [2.45, 2.75) is 26.3 Å². The molecular formula is C22H23F3N4O2. The topological polar surface area (TPSA) is 79.3 Å². The largest absolute Gasteiger partial charge is 0.573 e. The maximum absolute atomic E-state index is 12.8.